The first-order valence-corrected chi connectivity index (χ1v) is 6.99. The van der Waals surface area contributed by atoms with Gasteiger partial charge in [-0.15, -0.1) is 0 Å². The van der Waals surface area contributed by atoms with Gasteiger partial charge in [0.2, 0.25) is 0 Å². The summed E-state index contributed by atoms with van der Waals surface area (Å²) in [4.78, 5) is 4.26. The van der Waals surface area contributed by atoms with Crippen molar-refractivity contribution in [3.63, 3.8) is 0 Å². The van der Waals surface area contributed by atoms with Gasteiger partial charge < -0.3 is 5.73 Å². The van der Waals surface area contributed by atoms with E-state index in [0.717, 1.165) is 16.5 Å². The number of nitrogens with zero attached hydrogens (tertiary/aromatic N) is 1. The molecule has 0 saturated heterocycles. The average Bonchev–Trinajstić information content (AvgIpc) is 2.46. The summed E-state index contributed by atoms with van der Waals surface area (Å²) in [6, 6.07) is 14.0. The molecule has 0 fully saturated rings. The molecule has 0 amide bonds. The molecule has 1 atom stereocenters. The third-order valence-electron chi connectivity index (χ3n) is 3.28. The smallest absolute Gasteiger partial charge is 0.129 e. The number of pyridine rings is 1. The summed E-state index contributed by atoms with van der Waals surface area (Å²) in [5, 5.41) is 0.998. The topological polar surface area (TPSA) is 38.9 Å². The molecule has 0 aliphatic rings. The number of fused-ring (bicyclic) bond motifs is 1. The van der Waals surface area contributed by atoms with Crippen molar-refractivity contribution in [3.05, 3.63) is 76.1 Å². The molecule has 0 aliphatic carbocycles. The summed E-state index contributed by atoms with van der Waals surface area (Å²) in [5.74, 6) is -0.307. The summed E-state index contributed by atoms with van der Waals surface area (Å²) >= 11 is 3.25. The number of hydrogen-bond donors (Lipinski definition) is 1. The molecule has 3 aromatic rings. The quantitative estimate of drug-likeness (QED) is 0.765. The molecule has 0 radical (unpaired) electrons. The third kappa shape index (κ3) is 2.44. The lowest BCUT2D eigenvalue weighted by Gasteiger charge is -2.14. The summed E-state index contributed by atoms with van der Waals surface area (Å²) in [6.07, 6.45) is 1.75. The average molecular weight is 331 g/mol. The van der Waals surface area contributed by atoms with Crippen LogP contribution >= 0.6 is 15.9 Å². The van der Waals surface area contributed by atoms with Crippen molar-refractivity contribution in [2.24, 2.45) is 5.73 Å². The van der Waals surface area contributed by atoms with Gasteiger partial charge in [0.1, 0.15) is 5.82 Å². The van der Waals surface area contributed by atoms with Crippen molar-refractivity contribution < 1.29 is 4.39 Å². The van der Waals surface area contributed by atoms with E-state index in [1.807, 2.05) is 30.3 Å². The van der Waals surface area contributed by atoms with Gasteiger partial charge in [0, 0.05) is 21.6 Å². The Morgan fingerprint density at radius 1 is 1.10 bits per heavy atom. The van der Waals surface area contributed by atoms with Crippen LogP contribution in [0.15, 0.2) is 59.2 Å². The molecule has 0 saturated carbocycles. The van der Waals surface area contributed by atoms with E-state index >= 15 is 0 Å². The fraction of sp³-hybridized carbons (Fsp3) is 0.0625. The third-order valence-corrected chi connectivity index (χ3v) is 3.78. The Balaban J connectivity index is 2.05. The van der Waals surface area contributed by atoms with Crippen molar-refractivity contribution in [1.29, 1.82) is 0 Å². The summed E-state index contributed by atoms with van der Waals surface area (Å²) in [6.45, 7) is 0. The van der Waals surface area contributed by atoms with Crippen LogP contribution in [-0.2, 0) is 0 Å². The molecular formula is C16H12BrFN2. The van der Waals surface area contributed by atoms with Gasteiger partial charge in [0.25, 0.3) is 0 Å². The van der Waals surface area contributed by atoms with Crippen LogP contribution in [-0.4, -0.2) is 4.98 Å². The van der Waals surface area contributed by atoms with E-state index in [-0.39, 0.29) is 5.82 Å². The van der Waals surface area contributed by atoms with Crippen LogP contribution < -0.4 is 5.73 Å². The van der Waals surface area contributed by atoms with Gasteiger partial charge in [-0.25, -0.2) is 4.39 Å². The van der Waals surface area contributed by atoms with E-state index in [4.69, 9.17) is 5.73 Å². The highest BCUT2D eigenvalue weighted by Gasteiger charge is 2.14. The Hall–Kier alpha value is -1.78. The van der Waals surface area contributed by atoms with E-state index in [0.29, 0.717) is 10.0 Å². The summed E-state index contributed by atoms with van der Waals surface area (Å²) in [5.41, 5.74) is 8.44. The second kappa shape index (κ2) is 5.31. The molecule has 2 aromatic carbocycles. The van der Waals surface area contributed by atoms with E-state index in [2.05, 4.69) is 20.9 Å². The van der Waals surface area contributed by atoms with Gasteiger partial charge in [-0.1, -0.05) is 34.1 Å². The van der Waals surface area contributed by atoms with Gasteiger partial charge >= 0.3 is 0 Å². The highest BCUT2D eigenvalue weighted by Crippen LogP contribution is 2.26. The molecule has 20 heavy (non-hydrogen) atoms. The second-order valence-corrected chi connectivity index (χ2v) is 5.51. The fourth-order valence-electron chi connectivity index (χ4n) is 2.22. The largest absolute Gasteiger partial charge is 0.320 e. The zero-order valence-corrected chi connectivity index (χ0v) is 12.1. The van der Waals surface area contributed by atoms with E-state index < -0.39 is 6.04 Å². The zero-order valence-electron chi connectivity index (χ0n) is 10.6. The maximum Gasteiger partial charge on any atom is 0.129 e. The number of nitrogens with two attached hydrogens (primary N) is 1. The second-order valence-electron chi connectivity index (χ2n) is 4.60. The van der Waals surface area contributed by atoms with Crippen LogP contribution in [0.4, 0.5) is 4.39 Å². The Labute approximate surface area is 124 Å². The van der Waals surface area contributed by atoms with E-state index in [1.165, 1.54) is 6.07 Å². The minimum Gasteiger partial charge on any atom is -0.320 e. The lowest BCUT2D eigenvalue weighted by molar-refractivity contribution is 0.599. The Bertz CT molecular complexity index is 773. The molecule has 4 heteroatoms. The van der Waals surface area contributed by atoms with E-state index in [9.17, 15) is 4.39 Å². The summed E-state index contributed by atoms with van der Waals surface area (Å²) in [7, 11) is 0. The monoisotopic (exact) mass is 330 g/mol. The standard InChI is InChI=1S/C16H12BrFN2/c17-12-4-5-13(14(18)9-12)16(19)11-3-6-15-10(8-11)2-1-7-20-15/h1-9,16H,19H2. The Kier molecular flexibility index (Phi) is 3.51. The fourth-order valence-corrected chi connectivity index (χ4v) is 2.55. The molecule has 3 rings (SSSR count). The molecule has 2 nitrogen and oxygen atoms in total. The van der Waals surface area contributed by atoms with Gasteiger partial charge in [0.05, 0.1) is 11.6 Å². The summed E-state index contributed by atoms with van der Waals surface area (Å²) < 4.78 is 14.7. The highest BCUT2D eigenvalue weighted by molar-refractivity contribution is 9.10. The van der Waals surface area contributed by atoms with Crippen LogP contribution in [0.2, 0.25) is 0 Å². The van der Waals surface area contributed by atoms with Crippen molar-refractivity contribution in [2.45, 2.75) is 6.04 Å². The first-order chi connectivity index (χ1) is 9.65. The molecule has 1 aromatic heterocycles. The van der Waals surface area contributed by atoms with Crippen LogP contribution in [0.25, 0.3) is 10.9 Å². The number of hydrogen-bond acceptors (Lipinski definition) is 2. The van der Waals surface area contributed by atoms with Crippen LogP contribution in [0.5, 0.6) is 0 Å². The number of halogens is 2. The number of benzene rings is 2. The maximum absolute atomic E-state index is 14.0. The molecule has 100 valence electrons. The SMILES string of the molecule is NC(c1ccc2ncccc2c1)c1ccc(Br)cc1F. The molecular weight excluding hydrogens is 319 g/mol. The molecule has 0 spiro atoms. The Morgan fingerprint density at radius 3 is 2.75 bits per heavy atom. The van der Waals surface area contributed by atoms with Gasteiger partial charge in [0.15, 0.2) is 0 Å². The zero-order chi connectivity index (χ0) is 14.1. The number of aromatic nitrogens is 1. The van der Waals surface area contributed by atoms with Crippen LogP contribution in [0.1, 0.15) is 17.2 Å². The normalized spacial score (nSPS) is 12.6. The van der Waals surface area contributed by atoms with Crippen molar-refractivity contribution >= 4 is 26.8 Å². The minimum atomic E-state index is -0.493. The number of rotatable bonds is 2. The molecule has 0 aliphatic heterocycles. The van der Waals surface area contributed by atoms with E-state index in [1.54, 1.807) is 18.3 Å². The lowest BCUT2D eigenvalue weighted by Crippen LogP contribution is -2.13. The first kappa shape index (κ1) is 13.2. The van der Waals surface area contributed by atoms with Gasteiger partial charge in [-0.2, -0.15) is 0 Å². The van der Waals surface area contributed by atoms with Gasteiger partial charge in [-0.05, 0) is 35.9 Å². The molecule has 0 bridgehead atoms. The van der Waals surface area contributed by atoms with Crippen LogP contribution in [0.3, 0.4) is 0 Å². The van der Waals surface area contributed by atoms with Crippen molar-refractivity contribution in [1.82, 2.24) is 4.98 Å². The van der Waals surface area contributed by atoms with Crippen LogP contribution in [0, 0.1) is 5.82 Å². The van der Waals surface area contributed by atoms with Crippen molar-refractivity contribution in [3.8, 4) is 0 Å². The maximum atomic E-state index is 14.0. The predicted molar refractivity (Wildman–Crippen MR) is 81.9 cm³/mol. The van der Waals surface area contributed by atoms with Crippen molar-refractivity contribution in [2.75, 3.05) is 0 Å². The Morgan fingerprint density at radius 2 is 1.95 bits per heavy atom. The molecule has 1 unspecified atom stereocenters. The first-order valence-electron chi connectivity index (χ1n) is 6.20. The lowest BCUT2D eigenvalue weighted by atomic mass is 9.98. The minimum absolute atomic E-state index is 0.307. The predicted octanol–water partition coefficient (Wildman–Crippen LogP) is 4.18. The molecule has 2 N–H and O–H groups in total. The van der Waals surface area contributed by atoms with Gasteiger partial charge in [-0.3, -0.25) is 4.98 Å². The highest BCUT2D eigenvalue weighted by atomic mass is 79.9. The molecule has 1 heterocycles.